The topological polar surface area (TPSA) is 75.4 Å². The van der Waals surface area contributed by atoms with E-state index in [1.807, 2.05) is 37.8 Å². The molecule has 1 heterocycles. The van der Waals surface area contributed by atoms with Crippen LogP contribution in [0.25, 0.3) is 0 Å². The van der Waals surface area contributed by atoms with Crippen LogP contribution in [-0.4, -0.2) is 35.8 Å². The zero-order chi connectivity index (χ0) is 17.0. The number of nitrogens with two attached hydrogens (primary N) is 1. The normalized spacial score (nSPS) is 17.6. The SMILES string of the molecule is Cc1cc(C(=O)N2CCCC2CN)ccc1NC(=O)CC(C)C. The minimum Gasteiger partial charge on any atom is -0.334 e. The van der Waals surface area contributed by atoms with Gasteiger partial charge in [-0.15, -0.1) is 0 Å². The molecule has 0 spiro atoms. The van der Waals surface area contributed by atoms with Gasteiger partial charge in [-0.25, -0.2) is 0 Å². The molecule has 0 aliphatic carbocycles. The second kappa shape index (κ2) is 7.59. The summed E-state index contributed by atoms with van der Waals surface area (Å²) in [6, 6.07) is 5.59. The van der Waals surface area contributed by atoms with Crippen molar-refractivity contribution in [3.63, 3.8) is 0 Å². The molecule has 2 amide bonds. The van der Waals surface area contributed by atoms with Crippen LogP contribution in [-0.2, 0) is 4.79 Å². The maximum atomic E-state index is 12.6. The Bertz CT molecular complexity index is 584. The highest BCUT2D eigenvalue weighted by Gasteiger charge is 2.28. The smallest absolute Gasteiger partial charge is 0.254 e. The van der Waals surface area contributed by atoms with E-state index in [1.165, 1.54) is 0 Å². The van der Waals surface area contributed by atoms with Gasteiger partial charge in [0, 0.05) is 36.8 Å². The fourth-order valence-corrected chi connectivity index (χ4v) is 3.02. The fourth-order valence-electron chi connectivity index (χ4n) is 3.02. The van der Waals surface area contributed by atoms with Crippen LogP contribution >= 0.6 is 0 Å². The quantitative estimate of drug-likeness (QED) is 0.876. The van der Waals surface area contributed by atoms with Crippen molar-refractivity contribution in [1.29, 1.82) is 0 Å². The number of likely N-dealkylation sites (tertiary alicyclic amines) is 1. The molecule has 2 rings (SSSR count). The predicted molar refractivity (Wildman–Crippen MR) is 92.4 cm³/mol. The molecule has 1 atom stereocenters. The van der Waals surface area contributed by atoms with Crippen LogP contribution in [0.1, 0.15) is 49.0 Å². The van der Waals surface area contributed by atoms with Gasteiger partial charge in [-0.1, -0.05) is 13.8 Å². The maximum Gasteiger partial charge on any atom is 0.254 e. The molecule has 0 radical (unpaired) electrons. The van der Waals surface area contributed by atoms with E-state index in [2.05, 4.69) is 5.32 Å². The van der Waals surface area contributed by atoms with Gasteiger partial charge in [0.05, 0.1) is 0 Å². The minimum absolute atomic E-state index is 0.00455. The molecule has 0 aromatic heterocycles. The van der Waals surface area contributed by atoms with Gasteiger partial charge < -0.3 is 16.0 Å². The monoisotopic (exact) mass is 317 g/mol. The first-order valence-electron chi connectivity index (χ1n) is 8.34. The summed E-state index contributed by atoms with van der Waals surface area (Å²) in [5.74, 6) is 0.352. The van der Waals surface area contributed by atoms with Crippen LogP contribution in [0, 0.1) is 12.8 Å². The number of anilines is 1. The van der Waals surface area contributed by atoms with Crippen molar-refractivity contribution in [2.45, 2.75) is 46.1 Å². The molecule has 1 unspecified atom stereocenters. The first-order valence-corrected chi connectivity index (χ1v) is 8.34. The lowest BCUT2D eigenvalue weighted by molar-refractivity contribution is -0.116. The van der Waals surface area contributed by atoms with Crippen LogP contribution in [0.15, 0.2) is 18.2 Å². The Morgan fingerprint density at radius 2 is 2.13 bits per heavy atom. The summed E-state index contributed by atoms with van der Waals surface area (Å²) < 4.78 is 0. The third kappa shape index (κ3) is 4.32. The van der Waals surface area contributed by atoms with Crippen LogP contribution in [0.3, 0.4) is 0 Å². The Morgan fingerprint density at radius 1 is 1.39 bits per heavy atom. The van der Waals surface area contributed by atoms with E-state index in [-0.39, 0.29) is 17.9 Å². The number of hydrogen-bond acceptors (Lipinski definition) is 3. The number of aryl methyl sites for hydroxylation is 1. The highest BCUT2D eigenvalue weighted by molar-refractivity contribution is 5.97. The summed E-state index contributed by atoms with van der Waals surface area (Å²) in [5, 5.41) is 2.91. The Balaban J connectivity index is 2.09. The van der Waals surface area contributed by atoms with Gasteiger partial charge in [-0.2, -0.15) is 0 Å². The van der Waals surface area contributed by atoms with Gasteiger partial charge in [-0.3, -0.25) is 9.59 Å². The van der Waals surface area contributed by atoms with Crippen LogP contribution in [0.5, 0.6) is 0 Å². The number of nitrogens with one attached hydrogen (secondary N) is 1. The third-order valence-corrected chi connectivity index (χ3v) is 4.25. The van der Waals surface area contributed by atoms with Crippen LogP contribution < -0.4 is 11.1 Å². The molecule has 1 aliphatic rings. The predicted octanol–water partition coefficient (Wildman–Crippen LogP) is 2.54. The third-order valence-electron chi connectivity index (χ3n) is 4.25. The second-order valence-corrected chi connectivity index (χ2v) is 6.71. The lowest BCUT2D eigenvalue weighted by Crippen LogP contribution is -2.39. The summed E-state index contributed by atoms with van der Waals surface area (Å²) in [5.41, 5.74) is 8.07. The maximum absolute atomic E-state index is 12.6. The van der Waals surface area contributed by atoms with E-state index >= 15 is 0 Å². The molecule has 3 N–H and O–H groups in total. The number of amides is 2. The minimum atomic E-state index is 0.00455. The number of rotatable bonds is 5. The lowest BCUT2D eigenvalue weighted by Gasteiger charge is -2.24. The average Bonchev–Trinajstić information content (AvgIpc) is 2.96. The average molecular weight is 317 g/mol. The van der Waals surface area contributed by atoms with E-state index < -0.39 is 0 Å². The van der Waals surface area contributed by atoms with Gasteiger partial charge in [0.1, 0.15) is 0 Å². The number of nitrogens with zero attached hydrogens (tertiary/aromatic N) is 1. The van der Waals surface area contributed by atoms with Crippen molar-refractivity contribution in [3.05, 3.63) is 29.3 Å². The molecule has 0 saturated carbocycles. The summed E-state index contributed by atoms with van der Waals surface area (Å²) in [6.07, 6.45) is 2.48. The first kappa shape index (κ1) is 17.5. The largest absolute Gasteiger partial charge is 0.334 e. The molecule has 1 fully saturated rings. The van der Waals surface area contributed by atoms with Crippen molar-refractivity contribution in [3.8, 4) is 0 Å². The van der Waals surface area contributed by atoms with Crippen LogP contribution in [0.2, 0.25) is 0 Å². The Labute approximate surface area is 138 Å². The van der Waals surface area contributed by atoms with Crippen molar-refractivity contribution < 1.29 is 9.59 Å². The van der Waals surface area contributed by atoms with E-state index in [9.17, 15) is 9.59 Å². The Morgan fingerprint density at radius 3 is 2.74 bits per heavy atom. The van der Waals surface area contributed by atoms with E-state index in [1.54, 1.807) is 6.07 Å². The molecular formula is C18H27N3O2. The number of carbonyl (C=O) groups excluding carboxylic acids is 2. The van der Waals surface area contributed by atoms with E-state index in [0.717, 1.165) is 30.6 Å². The fraction of sp³-hybridized carbons (Fsp3) is 0.556. The summed E-state index contributed by atoms with van der Waals surface area (Å²) in [4.78, 5) is 26.4. The van der Waals surface area contributed by atoms with Crippen molar-refractivity contribution >= 4 is 17.5 Å². The standard InChI is InChI=1S/C18H27N3O2/c1-12(2)9-17(22)20-16-7-6-14(10-13(16)3)18(23)21-8-4-5-15(21)11-19/h6-7,10,12,15H,4-5,8-9,11,19H2,1-3H3,(H,20,22). The summed E-state index contributed by atoms with van der Waals surface area (Å²) in [6.45, 7) is 7.21. The van der Waals surface area contributed by atoms with Crippen molar-refractivity contribution in [2.24, 2.45) is 11.7 Å². The summed E-state index contributed by atoms with van der Waals surface area (Å²) >= 11 is 0. The highest BCUT2D eigenvalue weighted by atomic mass is 16.2. The Hall–Kier alpha value is -1.88. The molecule has 5 nitrogen and oxygen atoms in total. The number of hydrogen-bond donors (Lipinski definition) is 2. The molecule has 126 valence electrons. The lowest BCUT2D eigenvalue weighted by atomic mass is 10.1. The van der Waals surface area contributed by atoms with Crippen molar-refractivity contribution in [2.75, 3.05) is 18.4 Å². The van der Waals surface area contributed by atoms with E-state index in [0.29, 0.717) is 24.4 Å². The van der Waals surface area contributed by atoms with E-state index in [4.69, 9.17) is 5.73 Å². The zero-order valence-corrected chi connectivity index (χ0v) is 14.3. The second-order valence-electron chi connectivity index (χ2n) is 6.71. The molecule has 23 heavy (non-hydrogen) atoms. The van der Waals surface area contributed by atoms with Gasteiger partial charge >= 0.3 is 0 Å². The Kier molecular flexibility index (Phi) is 5.77. The molecule has 0 bridgehead atoms. The molecule has 1 aromatic rings. The summed E-state index contributed by atoms with van der Waals surface area (Å²) in [7, 11) is 0. The van der Waals surface area contributed by atoms with Gasteiger partial charge in [0.25, 0.3) is 5.91 Å². The number of carbonyl (C=O) groups is 2. The zero-order valence-electron chi connectivity index (χ0n) is 14.3. The highest BCUT2D eigenvalue weighted by Crippen LogP contribution is 2.22. The van der Waals surface area contributed by atoms with Gasteiger partial charge in [0.15, 0.2) is 0 Å². The van der Waals surface area contributed by atoms with Gasteiger partial charge in [-0.05, 0) is 49.4 Å². The molecule has 1 saturated heterocycles. The van der Waals surface area contributed by atoms with Crippen molar-refractivity contribution in [1.82, 2.24) is 4.90 Å². The molecule has 1 aliphatic heterocycles. The first-order chi connectivity index (χ1) is 10.9. The van der Waals surface area contributed by atoms with Gasteiger partial charge in [0.2, 0.25) is 5.91 Å². The molecular weight excluding hydrogens is 290 g/mol. The number of benzene rings is 1. The molecule has 1 aromatic carbocycles. The molecule has 5 heteroatoms. The van der Waals surface area contributed by atoms with Crippen LogP contribution in [0.4, 0.5) is 5.69 Å².